The Morgan fingerprint density at radius 1 is 1.24 bits per heavy atom. The Kier molecular flexibility index (Phi) is 7.33. The third kappa shape index (κ3) is 6.00. The van der Waals surface area contributed by atoms with Crippen LogP contribution in [-0.4, -0.2) is 53.8 Å². The van der Waals surface area contributed by atoms with Crippen LogP contribution in [0.5, 0.6) is 0 Å². The topological polar surface area (TPSA) is 23.6 Å². The van der Waals surface area contributed by atoms with Crippen molar-refractivity contribution < 1.29 is 4.79 Å². The molecule has 2 saturated carbocycles. The van der Waals surface area contributed by atoms with Crippen LogP contribution in [0.15, 0.2) is 37.0 Å². The van der Waals surface area contributed by atoms with E-state index in [9.17, 15) is 4.79 Å². The lowest BCUT2D eigenvalue weighted by Crippen LogP contribution is -2.49. The Morgan fingerprint density at radius 2 is 1.80 bits per heavy atom. The molecule has 1 heterocycles. The monoisotopic (exact) mass is 364 g/mol. The van der Waals surface area contributed by atoms with Crippen molar-refractivity contribution >= 4 is 17.5 Å². The van der Waals surface area contributed by atoms with E-state index in [-0.39, 0.29) is 5.41 Å². The van der Waals surface area contributed by atoms with Crippen LogP contribution in [-0.2, 0) is 4.79 Å². The van der Waals surface area contributed by atoms with Gasteiger partial charge in [-0.2, -0.15) is 0 Å². The Hall–Kier alpha value is -1.06. The summed E-state index contributed by atoms with van der Waals surface area (Å²) in [6, 6.07) is 1.12. The summed E-state index contributed by atoms with van der Waals surface area (Å²) in [5, 5.41) is 0. The van der Waals surface area contributed by atoms with E-state index in [2.05, 4.69) is 36.9 Å². The number of carbonyl (C=O) groups excluding carboxylic acids is 1. The molecule has 1 saturated heterocycles. The summed E-state index contributed by atoms with van der Waals surface area (Å²) in [6.07, 6.45) is 12.4. The summed E-state index contributed by atoms with van der Waals surface area (Å²) in [4.78, 5) is 17.3. The van der Waals surface area contributed by atoms with Gasteiger partial charge in [-0.05, 0) is 64.2 Å². The molecule has 3 rings (SSSR count). The largest absolute Gasteiger partial charge is 0.336 e. The van der Waals surface area contributed by atoms with Crippen LogP contribution in [0.2, 0.25) is 0 Å². The minimum Gasteiger partial charge on any atom is -0.336 e. The lowest BCUT2D eigenvalue weighted by Gasteiger charge is -2.39. The van der Waals surface area contributed by atoms with E-state index < -0.39 is 0 Å². The zero-order valence-corrected chi connectivity index (χ0v) is 16.6. The molecule has 140 valence electrons. The number of hydrogen-bond donors (Lipinski definition) is 0. The van der Waals surface area contributed by atoms with Gasteiger partial charge in [0.25, 0.3) is 0 Å². The number of likely N-dealkylation sites (tertiary alicyclic amines) is 1. The first-order valence-electron chi connectivity index (χ1n) is 9.45. The fraction of sp³-hybridized carbons (Fsp3) is 0.667. The van der Waals surface area contributed by atoms with Crippen LogP contribution in [0, 0.1) is 5.41 Å². The minimum atomic E-state index is 0.0198. The van der Waals surface area contributed by atoms with Gasteiger partial charge in [-0.15, -0.1) is 11.6 Å². The number of rotatable bonds is 6. The molecule has 0 bridgehead atoms. The van der Waals surface area contributed by atoms with Crippen molar-refractivity contribution in [1.82, 2.24) is 9.80 Å². The summed E-state index contributed by atoms with van der Waals surface area (Å²) in [5.41, 5.74) is 0.929. The van der Waals surface area contributed by atoms with E-state index in [4.69, 9.17) is 11.6 Å². The van der Waals surface area contributed by atoms with Gasteiger partial charge >= 0.3 is 0 Å². The molecular formula is C21H33ClN2O. The van der Waals surface area contributed by atoms with Gasteiger partial charge in [0, 0.05) is 23.4 Å². The molecule has 0 aromatic heterocycles. The maximum Gasteiger partial charge on any atom is 0.229 e. The Morgan fingerprint density at radius 3 is 2.24 bits per heavy atom. The zero-order chi connectivity index (χ0) is 18.4. The number of carbonyl (C=O) groups is 1. The van der Waals surface area contributed by atoms with Gasteiger partial charge in [0.15, 0.2) is 0 Å². The Labute approximate surface area is 158 Å². The smallest absolute Gasteiger partial charge is 0.229 e. The van der Waals surface area contributed by atoms with E-state index in [0.29, 0.717) is 23.9 Å². The minimum absolute atomic E-state index is 0.0198. The van der Waals surface area contributed by atoms with Crippen molar-refractivity contribution in [2.75, 3.05) is 26.0 Å². The maximum atomic E-state index is 12.6. The predicted octanol–water partition coefficient (Wildman–Crippen LogP) is 4.40. The molecule has 3 nitrogen and oxygen atoms in total. The molecule has 1 aliphatic heterocycles. The molecule has 3 aliphatic rings. The first-order valence-corrected chi connectivity index (χ1v) is 9.99. The third-order valence-electron chi connectivity index (χ3n) is 5.41. The molecule has 2 aliphatic carbocycles. The van der Waals surface area contributed by atoms with Gasteiger partial charge < -0.3 is 9.80 Å². The summed E-state index contributed by atoms with van der Waals surface area (Å²) in [6.45, 7) is 11.6. The van der Waals surface area contributed by atoms with E-state index in [1.54, 1.807) is 6.08 Å². The number of hydrogen-bond acceptors (Lipinski definition) is 2. The fourth-order valence-corrected chi connectivity index (χ4v) is 3.31. The highest BCUT2D eigenvalue weighted by Gasteiger charge is 2.51. The average Bonchev–Trinajstić information content (AvgIpc) is 3.53. The predicted molar refractivity (Wildman–Crippen MR) is 107 cm³/mol. The van der Waals surface area contributed by atoms with Crippen LogP contribution >= 0.6 is 11.6 Å². The van der Waals surface area contributed by atoms with Crippen molar-refractivity contribution in [2.24, 2.45) is 5.41 Å². The lowest BCUT2D eigenvalue weighted by atomic mass is 10.00. The number of piperidine rings is 1. The number of nitrogens with zero attached hydrogens (tertiary/aromatic N) is 2. The van der Waals surface area contributed by atoms with E-state index >= 15 is 0 Å². The van der Waals surface area contributed by atoms with Crippen molar-refractivity contribution in [1.29, 1.82) is 0 Å². The zero-order valence-electron chi connectivity index (χ0n) is 15.8. The first kappa shape index (κ1) is 20.3. The average molecular weight is 365 g/mol. The lowest BCUT2D eigenvalue weighted by molar-refractivity contribution is -0.140. The quantitative estimate of drug-likeness (QED) is 0.515. The second-order valence-electron chi connectivity index (χ2n) is 7.93. The molecule has 0 spiro atoms. The van der Waals surface area contributed by atoms with Crippen molar-refractivity contribution in [3.8, 4) is 0 Å². The second kappa shape index (κ2) is 9.05. The molecule has 0 atom stereocenters. The van der Waals surface area contributed by atoms with Crippen LogP contribution in [0.3, 0.4) is 0 Å². The summed E-state index contributed by atoms with van der Waals surface area (Å²) in [7, 11) is 2.18. The normalized spacial score (nSPS) is 22.8. The number of halogens is 1. The maximum absolute atomic E-state index is 12.6. The highest BCUT2D eigenvalue weighted by Crippen LogP contribution is 2.49. The van der Waals surface area contributed by atoms with E-state index in [1.165, 1.54) is 25.7 Å². The Bertz CT molecular complexity index is 512. The van der Waals surface area contributed by atoms with Crippen LogP contribution in [0.4, 0.5) is 0 Å². The molecule has 1 amide bonds. The highest BCUT2D eigenvalue weighted by molar-refractivity contribution is 6.19. The molecule has 0 radical (unpaired) electrons. The van der Waals surface area contributed by atoms with E-state index in [1.807, 2.05) is 12.2 Å². The molecule has 0 aromatic rings. The Balaban J connectivity index is 0.000000242. The molecule has 0 N–H and O–H groups in total. The molecule has 3 fully saturated rings. The summed E-state index contributed by atoms with van der Waals surface area (Å²) >= 11 is 5.40. The first-order chi connectivity index (χ1) is 11.9. The molecule has 0 aromatic carbocycles. The SMILES string of the molecule is C=C/C=C\C(=C)CCl.CN1CCC(N(C(=O)C2(C)CC2)C2CC2)CC1. The van der Waals surface area contributed by atoms with Gasteiger partial charge in [-0.25, -0.2) is 0 Å². The summed E-state index contributed by atoms with van der Waals surface area (Å²) < 4.78 is 0. The van der Waals surface area contributed by atoms with Gasteiger partial charge in [0.05, 0.1) is 0 Å². The van der Waals surface area contributed by atoms with E-state index in [0.717, 1.165) is 31.5 Å². The number of allylic oxidation sites excluding steroid dienone is 4. The van der Waals surface area contributed by atoms with Gasteiger partial charge in [0.1, 0.15) is 0 Å². The van der Waals surface area contributed by atoms with Gasteiger partial charge in [-0.3, -0.25) is 4.79 Å². The van der Waals surface area contributed by atoms with Crippen molar-refractivity contribution in [3.05, 3.63) is 37.0 Å². The number of amides is 1. The van der Waals surface area contributed by atoms with Gasteiger partial charge in [0.2, 0.25) is 5.91 Å². The van der Waals surface area contributed by atoms with Crippen LogP contribution < -0.4 is 0 Å². The molecule has 25 heavy (non-hydrogen) atoms. The fourth-order valence-electron chi connectivity index (χ4n) is 3.22. The standard InChI is InChI=1S/C14H24N2O.C7H9Cl/c1-14(7-8-14)13(17)16(11-3-4-11)12-5-9-15(2)10-6-12;1-3-4-5-7(2)6-8/h11-12H,3-10H2,1-2H3;3-5H,1-2,6H2/b;5-4-. The molecular weight excluding hydrogens is 332 g/mol. The van der Waals surface area contributed by atoms with Crippen LogP contribution in [0.25, 0.3) is 0 Å². The number of alkyl halides is 1. The third-order valence-corrected chi connectivity index (χ3v) is 5.76. The van der Waals surface area contributed by atoms with Crippen LogP contribution in [0.1, 0.15) is 45.4 Å². The van der Waals surface area contributed by atoms with Crippen molar-refractivity contribution in [2.45, 2.75) is 57.5 Å². The highest BCUT2D eigenvalue weighted by atomic mass is 35.5. The molecule has 4 heteroatoms. The van der Waals surface area contributed by atoms with Crippen molar-refractivity contribution in [3.63, 3.8) is 0 Å². The summed E-state index contributed by atoms with van der Waals surface area (Å²) in [5.74, 6) is 0.958. The van der Waals surface area contributed by atoms with Gasteiger partial charge in [-0.1, -0.05) is 38.3 Å². The second-order valence-corrected chi connectivity index (χ2v) is 8.19. The molecule has 0 unspecified atom stereocenters.